The Bertz CT molecular complexity index is 1280. The minimum Gasteiger partial charge on any atom is -0.465 e. The summed E-state index contributed by atoms with van der Waals surface area (Å²) in [5, 5.41) is 0. The molecule has 10 heteroatoms. The summed E-state index contributed by atoms with van der Waals surface area (Å²) in [5.41, 5.74) is 8.43. The zero-order valence-electron chi connectivity index (χ0n) is 18.7. The van der Waals surface area contributed by atoms with Gasteiger partial charge in [0, 0.05) is 12.5 Å². The smallest absolute Gasteiger partial charge is 0.297 e. The van der Waals surface area contributed by atoms with E-state index in [4.69, 9.17) is 10.5 Å². The summed E-state index contributed by atoms with van der Waals surface area (Å²) >= 11 is 0. The van der Waals surface area contributed by atoms with E-state index < -0.39 is 21.8 Å². The molecule has 3 rings (SSSR count). The van der Waals surface area contributed by atoms with Crippen molar-refractivity contribution in [3.8, 4) is 17.1 Å². The number of nitrogens with one attached hydrogen (secondary N) is 1. The number of amides is 2. The van der Waals surface area contributed by atoms with Crippen LogP contribution in [0.25, 0.3) is 11.1 Å². The molecule has 0 aliphatic heterocycles. The van der Waals surface area contributed by atoms with E-state index in [0.29, 0.717) is 48.1 Å². The summed E-state index contributed by atoms with van der Waals surface area (Å²) in [6.07, 6.45) is 0.532. The number of imidazole rings is 1. The SMILES string of the molecule is CCOc1nc(CC)c(C(N)=O)n1Cc1ccc(-c2ccccc2S(=O)(=O)NC(C)=O)cc1. The van der Waals surface area contributed by atoms with Gasteiger partial charge in [-0.1, -0.05) is 49.4 Å². The predicted octanol–water partition coefficient (Wildman–Crippen LogP) is 2.48. The van der Waals surface area contributed by atoms with Crippen LogP contribution in [0.3, 0.4) is 0 Å². The molecule has 3 N–H and O–H groups in total. The van der Waals surface area contributed by atoms with Gasteiger partial charge in [0.2, 0.25) is 5.91 Å². The lowest BCUT2D eigenvalue weighted by molar-refractivity contribution is -0.117. The third-order valence-electron chi connectivity index (χ3n) is 4.91. The van der Waals surface area contributed by atoms with Crippen molar-refractivity contribution < 1.29 is 22.7 Å². The van der Waals surface area contributed by atoms with E-state index >= 15 is 0 Å². The molecule has 174 valence electrons. The molecule has 9 nitrogen and oxygen atoms in total. The average Bonchev–Trinajstić information content (AvgIpc) is 3.11. The molecule has 2 aromatic carbocycles. The lowest BCUT2D eigenvalue weighted by Gasteiger charge is -2.13. The van der Waals surface area contributed by atoms with E-state index in [1.54, 1.807) is 34.9 Å². The molecule has 0 saturated carbocycles. The lowest BCUT2D eigenvalue weighted by atomic mass is 10.0. The van der Waals surface area contributed by atoms with Crippen LogP contribution in [0, 0.1) is 0 Å². The molecular formula is C23H26N4O5S. The van der Waals surface area contributed by atoms with E-state index in [-0.39, 0.29) is 4.90 Å². The molecular weight excluding hydrogens is 444 g/mol. The van der Waals surface area contributed by atoms with Crippen molar-refractivity contribution in [1.29, 1.82) is 0 Å². The van der Waals surface area contributed by atoms with Crippen LogP contribution < -0.4 is 15.2 Å². The number of hydrogen-bond donors (Lipinski definition) is 2. The quantitative estimate of drug-likeness (QED) is 0.494. The third-order valence-corrected chi connectivity index (χ3v) is 6.40. The number of carbonyl (C=O) groups excluding carboxylic acids is 2. The van der Waals surface area contributed by atoms with E-state index in [9.17, 15) is 18.0 Å². The van der Waals surface area contributed by atoms with Gasteiger partial charge in [-0.15, -0.1) is 0 Å². The van der Waals surface area contributed by atoms with Gasteiger partial charge in [-0.25, -0.2) is 13.1 Å². The van der Waals surface area contributed by atoms with Crippen molar-refractivity contribution in [2.24, 2.45) is 5.73 Å². The monoisotopic (exact) mass is 470 g/mol. The lowest BCUT2D eigenvalue weighted by Crippen LogP contribution is -2.28. The van der Waals surface area contributed by atoms with Crippen molar-refractivity contribution in [2.75, 3.05) is 6.61 Å². The summed E-state index contributed by atoms with van der Waals surface area (Å²) in [4.78, 5) is 27.8. The van der Waals surface area contributed by atoms with Crippen molar-refractivity contribution in [2.45, 2.75) is 38.6 Å². The fourth-order valence-corrected chi connectivity index (χ4v) is 4.77. The van der Waals surface area contributed by atoms with E-state index in [1.165, 1.54) is 6.07 Å². The number of aromatic nitrogens is 2. The van der Waals surface area contributed by atoms with Crippen LogP contribution in [0.1, 0.15) is 42.5 Å². The summed E-state index contributed by atoms with van der Waals surface area (Å²) in [6.45, 7) is 5.54. The normalized spacial score (nSPS) is 11.2. The Labute approximate surface area is 192 Å². The van der Waals surface area contributed by atoms with E-state index in [0.717, 1.165) is 12.5 Å². The van der Waals surface area contributed by atoms with Gasteiger partial charge in [0.25, 0.3) is 21.9 Å². The van der Waals surface area contributed by atoms with Crippen LogP contribution in [-0.4, -0.2) is 36.4 Å². The number of carbonyl (C=O) groups is 2. The van der Waals surface area contributed by atoms with Crippen LogP contribution in [0.5, 0.6) is 6.01 Å². The number of hydrogen-bond acceptors (Lipinski definition) is 6. The molecule has 1 aromatic heterocycles. The van der Waals surface area contributed by atoms with Crippen LogP contribution in [0.4, 0.5) is 0 Å². The minimum atomic E-state index is -4.00. The number of aryl methyl sites for hydroxylation is 1. The number of rotatable bonds is 9. The highest BCUT2D eigenvalue weighted by Gasteiger charge is 2.22. The second-order valence-corrected chi connectivity index (χ2v) is 8.93. The van der Waals surface area contributed by atoms with Gasteiger partial charge < -0.3 is 10.5 Å². The summed E-state index contributed by atoms with van der Waals surface area (Å²) in [5.74, 6) is -1.25. The minimum absolute atomic E-state index is 0.00444. The Morgan fingerprint density at radius 2 is 1.76 bits per heavy atom. The predicted molar refractivity (Wildman–Crippen MR) is 123 cm³/mol. The summed E-state index contributed by atoms with van der Waals surface area (Å²) < 4.78 is 34.4. The molecule has 0 fully saturated rings. The molecule has 0 aliphatic rings. The van der Waals surface area contributed by atoms with Crippen molar-refractivity contribution in [3.05, 3.63) is 65.5 Å². The first-order valence-electron chi connectivity index (χ1n) is 10.4. The molecule has 0 saturated heterocycles. The highest BCUT2D eigenvalue weighted by Crippen LogP contribution is 2.28. The highest BCUT2D eigenvalue weighted by molar-refractivity contribution is 7.90. The van der Waals surface area contributed by atoms with Gasteiger partial charge in [-0.3, -0.25) is 14.2 Å². The molecule has 2 amide bonds. The molecule has 0 spiro atoms. The van der Waals surface area contributed by atoms with Gasteiger partial charge in [0.05, 0.1) is 23.7 Å². The maximum absolute atomic E-state index is 12.6. The van der Waals surface area contributed by atoms with Crippen LogP contribution in [0.15, 0.2) is 53.4 Å². The average molecular weight is 471 g/mol. The van der Waals surface area contributed by atoms with Crippen LogP contribution >= 0.6 is 0 Å². The maximum atomic E-state index is 12.6. The highest BCUT2D eigenvalue weighted by atomic mass is 32.2. The molecule has 0 atom stereocenters. The molecule has 0 aliphatic carbocycles. The summed E-state index contributed by atoms with van der Waals surface area (Å²) in [7, 11) is -4.00. The topological polar surface area (TPSA) is 133 Å². The Morgan fingerprint density at radius 3 is 2.33 bits per heavy atom. The fraction of sp³-hybridized carbons (Fsp3) is 0.261. The van der Waals surface area contributed by atoms with Gasteiger partial charge in [0.15, 0.2) is 0 Å². The number of nitrogens with zero attached hydrogens (tertiary/aromatic N) is 2. The second kappa shape index (κ2) is 9.86. The number of primary amides is 1. The number of ether oxygens (including phenoxy) is 1. The van der Waals surface area contributed by atoms with Crippen molar-refractivity contribution in [1.82, 2.24) is 14.3 Å². The second-order valence-electron chi connectivity index (χ2n) is 7.28. The molecule has 0 unspecified atom stereocenters. The first kappa shape index (κ1) is 24.0. The standard InChI is InChI=1S/C23H26N4O5S/c1-4-19-21(22(24)29)27(23(25-19)32-5-2)14-16-10-12-17(13-11-16)18-8-6-7-9-20(18)33(30,31)26-15(3)28/h6-13H,4-5,14H2,1-3H3,(H2,24,29)(H,26,28). The maximum Gasteiger partial charge on any atom is 0.297 e. The number of nitrogens with two attached hydrogens (primary N) is 1. The van der Waals surface area contributed by atoms with Crippen LogP contribution in [-0.2, 0) is 27.8 Å². The zero-order valence-corrected chi connectivity index (χ0v) is 19.5. The van der Waals surface area contributed by atoms with Crippen molar-refractivity contribution in [3.63, 3.8) is 0 Å². The van der Waals surface area contributed by atoms with Crippen LogP contribution in [0.2, 0.25) is 0 Å². The fourth-order valence-electron chi connectivity index (χ4n) is 3.54. The summed E-state index contributed by atoms with van der Waals surface area (Å²) in [6, 6.07) is 14.0. The Balaban J connectivity index is 1.98. The largest absolute Gasteiger partial charge is 0.465 e. The molecule has 1 heterocycles. The first-order valence-corrected chi connectivity index (χ1v) is 11.9. The molecule has 33 heavy (non-hydrogen) atoms. The van der Waals surface area contributed by atoms with Gasteiger partial charge in [-0.05, 0) is 30.5 Å². The van der Waals surface area contributed by atoms with E-state index in [2.05, 4.69) is 4.98 Å². The Morgan fingerprint density at radius 1 is 1.09 bits per heavy atom. The van der Waals surface area contributed by atoms with E-state index in [1.807, 2.05) is 30.7 Å². The van der Waals surface area contributed by atoms with Crippen molar-refractivity contribution >= 4 is 21.8 Å². The zero-order chi connectivity index (χ0) is 24.2. The number of benzene rings is 2. The first-order chi connectivity index (χ1) is 15.7. The Kier molecular flexibility index (Phi) is 7.17. The molecule has 0 bridgehead atoms. The van der Waals surface area contributed by atoms with Gasteiger partial charge in [-0.2, -0.15) is 4.98 Å². The van der Waals surface area contributed by atoms with Gasteiger partial charge >= 0.3 is 0 Å². The number of sulfonamides is 1. The molecule has 3 aromatic rings. The Hall–Kier alpha value is -3.66. The molecule has 0 radical (unpaired) electrons. The van der Waals surface area contributed by atoms with Gasteiger partial charge in [0.1, 0.15) is 5.69 Å². The third kappa shape index (κ3) is 5.23.